The molecule has 16 heavy (non-hydrogen) atoms. The van der Waals surface area contributed by atoms with Crippen LogP contribution in [-0.4, -0.2) is 12.9 Å². The summed E-state index contributed by atoms with van der Waals surface area (Å²) in [5.41, 5.74) is 0.995. The third-order valence-corrected chi connectivity index (χ3v) is 2.65. The molecule has 1 aromatic carbocycles. The first-order valence-electron chi connectivity index (χ1n) is 5.70. The molecule has 0 bridgehead atoms. The van der Waals surface area contributed by atoms with Crippen LogP contribution < -0.4 is 0 Å². The zero-order chi connectivity index (χ0) is 11.8. The second kappa shape index (κ2) is 7.66. The minimum Gasteiger partial charge on any atom is -0.353 e. The van der Waals surface area contributed by atoms with Crippen molar-refractivity contribution in [3.63, 3.8) is 0 Å². The molecule has 0 saturated heterocycles. The summed E-state index contributed by atoms with van der Waals surface area (Å²) < 4.78 is 11.0. The fourth-order valence-corrected chi connectivity index (χ4v) is 1.45. The molecule has 0 amide bonds. The topological polar surface area (TPSA) is 18.5 Å². The van der Waals surface area contributed by atoms with E-state index in [1.807, 2.05) is 31.2 Å². The molecule has 0 aliphatic rings. The van der Waals surface area contributed by atoms with Crippen molar-refractivity contribution in [2.45, 2.75) is 39.6 Å². The highest BCUT2D eigenvalue weighted by atomic mass is 35.5. The van der Waals surface area contributed by atoms with Crippen molar-refractivity contribution in [2.24, 2.45) is 0 Å². The van der Waals surface area contributed by atoms with E-state index in [-0.39, 0.29) is 6.29 Å². The summed E-state index contributed by atoms with van der Waals surface area (Å²) in [6.45, 7) is 5.29. The number of ether oxygens (including phenoxy) is 2. The lowest BCUT2D eigenvalue weighted by atomic mass is 10.2. The largest absolute Gasteiger partial charge is 0.353 e. The van der Waals surface area contributed by atoms with E-state index < -0.39 is 0 Å². The van der Waals surface area contributed by atoms with Gasteiger partial charge in [0.25, 0.3) is 0 Å². The maximum atomic E-state index is 6.01. The summed E-state index contributed by atoms with van der Waals surface area (Å²) in [5, 5.41) is 0.739. The minimum absolute atomic E-state index is 0.178. The van der Waals surface area contributed by atoms with Crippen molar-refractivity contribution in [1.82, 2.24) is 0 Å². The molecule has 0 saturated carbocycles. The third kappa shape index (κ3) is 4.97. The molecule has 0 radical (unpaired) electrons. The zero-order valence-corrected chi connectivity index (χ0v) is 10.7. The van der Waals surface area contributed by atoms with E-state index in [4.69, 9.17) is 21.1 Å². The van der Waals surface area contributed by atoms with Crippen molar-refractivity contribution in [3.8, 4) is 0 Å². The van der Waals surface area contributed by atoms with E-state index in [1.54, 1.807) is 0 Å². The Morgan fingerprint density at radius 2 is 2.00 bits per heavy atom. The third-order valence-electron chi connectivity index (χ3n) is 2.28. The molecule has 0 aliphatic heterocycles. The molecule has 90 valence electrons. The van der Waals surface area contributed by atoms with Gasteiger partial charge in [0.05, 0.1) is 6.61 Å². The highest BCUT2D eigenvalue weighted by Crippen LogP contribution is 2.16. The van der Waals surface area contributed by atoms with Crippen molar-refractivity contribution < 1.29 is 9.47 Å². The van der Waals surface area contributed by atoms with Gasteiger partial charge in [0.1, 0.15) is 0 Å². The lowest BCUT2D eigenvalue weighted by Crippen LogP contribution is -2.13. The summed E-state index contributed by atoms with van der Waals surface area (Å²) in [4.78, 5) is 0. The number of hydrogen-bond acceptors (Lipinski definition) is 2. The molecule has 0 unspecified atom stereocenters. The van der Waals surface area contributed by atoms with Crippen LogP contribution in [0.1, 0.15) is 32.3 Å². The highest BCUT2D eigenvalue weighted by Gasteiger charge is 2.04. The molecule has 0 heterocycles. The lowest BCUT2D eigenvalue weighted by molar-refractivity contribution is -0.138. The van der Waals surface area contributed by atoms with Crippen molar-refractivity contribution >= 4 is 11.6 Å². The first-order valence-corrected chi connectivity index (χ1v) is 6.08. The van der Waals surface area contributed by atoms with Crippen molar-refractivity contribution in [1.29, 1.82) is 0 Å². The molecule has 1 atom stereocenters. The second-order valence-corrected chi connectivity index (χ2v) is 4.10. The van der Waals surface area contributed by atoms with Gasteiger partial charge in [-0.3, -0.25) is 0 Å². The monoisotopic (exact) mass is 242 g/mol. The summed E-state index contributed by atoms with van der Waals surface area (Å²) >= 11 is 6.01. The summed E-state index contributed by atoms with van der Waals surface area (Å²) in [5.74, 6) is 0. The Morgan fingerprint density at radius 3 is 2.69 bits per heavy atom. The van der Waals surface area contributed by atoms with Crippen LogP contribution in [0.3, 0.4) is 0 Å². The molecule has 3 heteroatoms. The van der Waals surface area contributed by atoms with Crippen LogP contribution in [0.25, 0.3) is 0 Å². The Balaban J connectivity index is 2.26. The van der Waals surface area contributed by atoms with Gasteiger partial charge in [-0.05, 0) is 25.0 Å². The highest BCUT2D eigenvalue weighted by molar-refractivity contribution is 6.31. The van der Waals surface area contributed by atoms with Crippen LogP contribution in [0.2, 0.25) is 5.02 Å². The molecule has 1 rings (SSSR count). The van der Waals surface area contributed by atoms with E-state index in [0.717, 1.165) is 30.0 Å². The first-order chi connectivity index (χ1) is 7.74. The molecule has 0 aromatic heterocycles. The Morgan fingerprint density at radius 1 is 1.25 bits per heavy atom. The predicted octanol–water partition coefficient (Wildman–Crippen LogP) is 4.02. The maximum Gasteiger partial charge on any atom is 0.155 e. The summed E-state index contributed by atoms with van der Waals surface area (Å²) in [6.07, 6.45) is 2.03. The van der Waals surface area contributed by atoms with E-state index in [0.29, 0.717) is 6.61 Å². The van der Waals surface area contributed by atoms with Crippen LogP contribution in [0.5, 0.6) is 0 Å². The van der Waals surface area contributed by atoms with E-state index in [2.05, 4.69) is 6.92 Å². The number of halogens is 1. The molecule has 0 fully saturated rings. The average molecular weight is 243 g/mol. The lowest BCUT2D eigenvalue weighted by Gasteiger charge is -2.14. The van der Waals surface area contributed by atoms with Crippen molar-refractivity contribution in [3.05, 3.63) is 34.9 Å². The van der Waals surface area contributed by atoms with Gasteiger partial charge in [-0.2, -0.15) is 0 Å². The van der Waals surface area contributed by atoms with E-state index in [9.17, 15) is 0 Å². The predicted molar refractivity (Wildman–Crippen MR) is 66.6 cm³/mol. The number of unbranched alkanes of at least 4 members (excludes halogenated alkanes) is 1. The quantitative estimate of drug-likeness (QED) is 0.531. The normalized spacial score (nSPS) is 12.7. The van der Waals surface area contributed by atoms with Gasteiger partial charge in [-0.1, -0.05) is 43.1 Å². The second-order valence-electron chi connectivity index (χ2n) is 3.69. The Kier molecular flexibility index (Phi) is 6.46. The van der Waals surface area contributed by atoms with Crippen molar-refractivity contribution in [2.75, 3.05) is 6.61 Å². The minimum atomic E-state index is -0.178. The Hall–Kier alpha value is -0.570. The van der Waals surface area contributed by atoms with Crippen LogP contribution in [0.4, 0.5) is 0 Å². The molecular weight excluding hydrogens is 224 g/mol. The van der Waals surface area contributed by atoms with Gasteiger partial charge in [0.15, 0.2) is 6.29 Å². The smallest absolute Gasteiger partial charge is 0.155 e. The first kappa shape index (κ1) is 13.5. The van der Waals surface area contributed by atoms with Gasteiger partial charge in [0, 0.05) is 11.6 Å². The number of hydrogen-bond donors (Lipinski definition) is 0. The summed E-state index contributed by atoms with van der Waals surface area (Å²) in [7, 11) is 0. The average Bonchev–Trinajstić information content (AvgIpc) is 2.28. The van der Waals surface area contributed by atoms with Gasteiger partial charge in [0.2, 0.25) is 0 Å². The van der Waals surface area contributed by atoms with Gasteiger partial charge in [-0.25, -0.2) is 0 Å². The maximum absolute atomic E-state index is 6.01. The van der Waals surface area contributed by atoms with Crippen LogP contribution in [-0.2, 0) is 16.1 Å². The standard InChI is InChI=1S/C13H19ClO2/c1-3-4-9-15-11(2)16-10-12-7-5-6-8-13(12)14/h5-8,11H,3-4,9-10H2,1-2H3/t11-/m0/s1. The van der Waals surface area contributed by atoms with Crippen LogP contribution >= 0.6 is 11.6 Å². The fourth-order valence-electron chi connectivity index (χ4n) is 1.26. The van der Waals surface area contributed by atoms with E-state index >= 15 is 0 Å². The van der Waals surface area contributed by atoms with Gasteiger partial charge in [-0.15, -0.1) is 0 Å². The Bertz CT molecular complexity index is 302. The zero-order valence-electron chi connectivity index (χ0n) is 9.91. The molecule has 2 nitrogen and oxygen atoms in total. The number of rotatable bonds is 7. The van der Waals surface area contributed by atoms with Gasteiger partial charge < -0.3 is 9.47 Å². The molecule has 0 aliphatic carbocycles. The molecule has 0 N–H and O–H groups in total. The summed E-state index contributed by atoms with van der Waals surface area (Å²) in [6, 6.07) is 7.68. The number of benzene rings is 1. The SMILES string of the molecule is CCCCO[C@H](C)OCc1ccccc1Cl. The Labute approximate surface area is 103 Å². The fraction of sp³-hybridized carbons (Fsp3) is 0.538. The molecular formula is C13H19ClO2. The molecule has 0 spiro atoms. The van der Waals surface area contributed by atoms with Gasteiger partial charge >= 0.3 is 0 Å². The van der Waals surface area contributed by atoms with E-state index in [1.165, 1.54) is 0 Å². The van der Waals surface area contributed by atoms with Crippen LogP contribution in [0.15, 0.2) is 24.3 Å². The molecule has 1 aromatic rings. The van der Waals surface area contributed by atoms with Crippen LogP contribution in [0, 0.1) is 0 Å².